The topological polar surface area (TPSA) is 20.2 Å². The Kier molecular flexibility index (Phi) is 6.81. The molecule has 0 amide bonds. The lowest BCUT2D eigenvalue weighted by Gasteiger charge is -1.97. The van der Waals surface area contributed by atoms with E-state index in [2.05, 4.69) is 25.3 Å². The first-order valence-electron chi connectivity index (χ1n) is 6.30. The molecule has 0 aliphatic rings. The Labute approximate surface area is 115 Å². The molecule has 19 heavy (non-hydrogen) atoms. The van der Waals surface area contributed by atoms with E-state index in [1.807, 2.05) is 42.5 Å². The third-order valence-electron chi connectivity index (χ3n) is 2.58. The first-order valence-corrected chi connectivity index (χ1v) is 6.30. The van der Waals surface area contributed by atoms with Gasteiger partial charge in [-0.05, 0) is 30.0 Å². The van der Waals surface area contributed by atoms with E-state index in [-0.39, 0.29) is 0 Å². The average Bonchev–Trinajstić information content (AvgIpc) is 2.44. The summed E-state index contributed by atoms with van der Waals surface area (Å²) < 4.78 is 0. The monoisotopic (exact) mass is 252 g/mol. The van der Waals surface area contributed by atoms with E-state index in [1.165, 1.54) is 5.56 Å². The van der Waals surface area contributed by atoms with Gasteiger partial charge in [-0.2, -0.15) is 0 Å². The molecule has 0 saturated carbocycles. The Balaban J connectivity index is 0.000000191. The van der Waals surface area contributed by atoms with Crippen molar-refractivity contribution in [2.24, 2.45) is 0 Å². The van der Waals surface area contributed by atoms with Crippen molar-refractivity contribution in [2.45, 2.75) is 12.8 Å². The quantitative estimate of drug-likeness (QED) is 0.792. The van der Waals surface area contributed by atoms with Crippen LogP contribution in [-0.2, 0) is 12.8 Å². The van der Waals surface area contributed by atoms with Crippen LogP contribution in [0.3, 0.4) is 0 Å². The minimum atomic E-state index is 0.349. The third kappa shape index (κ3) is 5.73. The van der Waals surface area contributed by atoms with Crippen molar-refractivity contribution in [3.8, 4) is 5.75 Å². The lowest BCUT2D eigenvalue weighted by atomic mass is 10.1. The lowest BCUT2D eigenvalue weighted by Crippen LogP contribution is -1.79. The molecular weight excluding hydrogens is 232 g/mol. The summed E-state index contributed by atoms with van der Waals surface area (Å²) in [6.07, 6.45) is 5.39. The van der Waals surface area contributed by atoms with Gasteiger partial charge in [-0.25, -0.2) is 0 Å². The minimum Gasteiger partial charge on any atom is -0.508 e. The van der Waals surface area contributed by atoms with Crippen LogP contribution >= 0.6 is 0 Å². The molecule has 2 aromatic rings. The van der Waals surface area contributed by atoms with Crippen molar-refractivity contribution in [3.63, 3.8) is 0 Å². The summed E-state index contributed by atoms with van der Waals surface area (Å²) in [5, 5.41) is 9.19. The van der Waals surface area contributed by atoms with Crippen LogP contribution in [0.1, 0.15) is 11.1 Å². The Morgan fingerprint density at radius 2 is 1.37 bits per heavy atom. The van der Waals surface area contributed by atoms with Gasteiger partial charge in [0.1, 0.15) is 5.75 Å². The zero-order chi connectivity index (χ0) is 13.9. The molecule has 2 rings (SSSR count). The number of rotatable bonds is 4. The first kappa shape index (κ1) is 14.8. The summed E-state index contributed by atoms with van der Waals surface area (Å²) in [5.74, 6) is 0.349. The van der Waals surface area contributed by atoms with Crippen molar-refractivity contribution < 1.29 is 5.11 Å². The summed E-state index contributed by atoms with van der Waals surface area (Å²) in [6, 6.07) is 17.6. The van der Waals surface area contributed by atoms with Crippen LogP contribution in [0.2, 0.25) is 0 Å². The van der Waals surface area contributed by atoms with E-state index in [0.29, 0.717) is 5.75 Å². The number of aromatic hydroxyl groups is 1. The average molecular weight is 252 g/mol. The molecule has 0 unspecified atom stereocenters. The number of hydrogen-bond acceptors (Lipinski definition) is 1. The van der Waals surface area contributed by atoms with Crippen molar-refractivity contribution in [1.29, 1.82) is 0 Å². The second kappa shape index (κ2) is 8.76. The first-order chi connectivity index (χ1) is 9.27. The van der Waals surface area contributed by atoms with Gasteiger partial charge in [0.15, 0.2) is 0 Å². The second-order valence-electron chi connectivity index (χ2n) is 4.10. The van der Waals surface area contributed by atoms with Gasteiger partial charge in [0.2, 0.25) is 0 Å². The van der Waals surface area contributed by atoms with Crippen LogP contribution in [0, 0.1) is 0 Å². The van der Waals surface area contributed by atoms with E-state index in [9.17, 15) is 5.11 Å². The van der Waals surface area contributed by atoms with Gasteiger partial charge >= 0.3 is 0 Å². The molecule has 98 valence electrons. The number of para-hydroxylation sites is 1. The molecule has 0 aromatic heterocycles. The molecule has 0 heterocycles. The maximum absolute atomic E-state index is 9.19. The minimum absolute atomic E-state index is 0.349. The largest absolute Gasteiger partial charge is 0.508 e. The van der Waals surface area contributed by atoms with Crippen LogP contribution in [0.15, 0.2) is 79.9 Å². The fraction of sp³-hybridized carbons (Fsp3) is 0.111. The number of phenolic OH excluding ortho intramolecular Hbond substituents is 1. The molecule has 0 radical (unpaired) electrons. The maximum atomic E-state index is 9.19. The second-order valence-corrected chi connectivity index (χ2v) is 4.10. The Hall–Kier alpha value is -2.28. The molecule has 0 atom stereocenters. The molecule has 0 spiro atoms. The molecular formula is C18H20O. The van der Waals surface area contributed by atoms with E-state index in [4.69, 9.17) is 0 Å². The number of allylic oxidation sites excluding steroid dienone is 2. The Morgan fingerprint density at radius 3 is 1.95 bits per heavy atom. The molecule has 0 aliphatic carbocycles. The smallest absolute Gasteiger partial charge is 0.119 e. The van der Waals surface area contributed by atoms with Crippen molar-refractivity contribution >= 4 is 0 Å². The van der Waals surface area contributed by atoms with Crippen molar-refractivity contribution in [1.82, 2.24) is 0 Å². The number of phenols is 1. The predicted molar refractivity (Wildman–Crippen MR) is 82.4 cm³/mol. The van der Waals surface area contributed by atoms with Gasteiger partial charge in [0, 0.05) is 0 Å². The zero-order valence-electron chi connectivity index (χ0n) is 11.1. The van der Waals surface area contributed by atoms with Crippen molar-refractivity contribution in [3.05, 3.63) is 91.0 Å². The fourth-order valence-electron chi connectivity index (χ4n) is 1.62. The molecule has 1 N–H and O–H groups in total. The van der Waals surface area contributed by atoms with Crippen LogP contribution in [-0.4, -0.2) is 5.11 Å². The standard InChI is InChI=1S/C9H10O.C9H10/c1-2-5-8-6-3-4-7-9(8)10;1-2-6-9-7-4-3-5-8-9/h2-4,6-7,10H,1,5H2;2-5,7-8H,1,6H2. The van der Waals surface area contributed by atoms with Gasteiger partial charge in [-0.3, -0.25) is 0 Å². The van der Waals surface area contributed by atoms with Crippen LogP contribution in [0.25, 0.3) is 0 Å². The number of benzene rings is 2. The molecule has 1 nitrogen and oxygen atoms in total. The zero-order valence-corrected chi connectivity index (χ0v) is 11.1. The summed E-state index contributed by atoms with van der Waals surface area (Å²) >= 11 is 0. The van der Waals surface area contributed by atoms with Crippen LogP contribution in [0.4, 0.5) is 0 Å². The Morgan fingerprint density at radius 1 is 0.789 bits per heavy atom. The predicted octanol–water partition coefficient (Wildman–Crippen LogP) is 4.54. The van der Waals surface area contributed by atoms with Gasteiger partial charge in [0.05, 0.1) is 0 Å². The lowest BCUT2D eigenvalue weighted by molar-refractivity contribution is 0.470. The van der Waals surface area contributed by atoms with Crippen LogP contribution < -0.4 is 0 Å². The third-order valence-corrected chi connectivity index (χ3v) is 2.58. The normalized spacial score (nSPS) is 9.05. The molecule has 2 aromatic carbocycles. The molecule has 0 fully saturated rings. The molecule has 0 aliphatic heterocycles. The Bertz CT molecular complexity index is 500. The van der Waals surface area contributed by atoms with Gasteiger partial charge in [-0.1, -0.05) is 60.7 Å². The van der Waals surface area contributed by atoms with Crippen LogP contribution in [0.5, 0.6) is 5.75 Å². The maximum Gasteiger partial charge on any atom is 0.119 e. The van der Waals surface area contributed by atoms with Gasteiger partial charge in [0.25, 0.3) is 0 Å². The highest BCUT2D eigenvalue weighted by Crippen LogP contribution is 2.15. The van der Waals surface area contributed by atoms with E-state index in [0.717, 1.165) is 18.4 Å². The van der Waals surface area contributed by atoms with E-state index < -0.39 is 0 Å². The summed E-state index contributed by atoms with van der Waals surface area (Å²) in [4.78, 5) is 0. The van der Waals surface area contributed by atoms with Crippen molar-refractivity contribution in [2.75, 3.05) is 0 Å². The van der Waals surface area contributed by atoms with E-state index in [1.54, 1.807) is 12.1 Å². The fourth-order valence-corrected chi connectivity index (χ4v) is 1.62. The summed E-state index contributed by atoms with van der Waals surface area (Å²) in [5.41, 5.74) is 2.25. The molecule has 1 heteroatoms. The van der Waals surface area contributed by atoms with Gasteiger partial charge in [-0.15, -0.1) is 13.2 Å². The van der Waals surface area contributed by atoms with Gasteiger partial charge < -0.3 is 5.11 Å². The molecule has 0 bridgehead atoms. The number of hydrogen-bond donors (Lipinski definition) is 1. The molecule has 0 saturated heterocycles. The summed E-state index contributed by atoms with van der Waals surface area (Å²) in [6.45, 7) is 7.24. The highest BCUT2D eigenvalue weighted by Gasteiger charge is 1.93. The SMILES string of the molecule is C=CCc1ccccc1.C=CCc1ccccc1O. The summed E-state index contributed by atoms with van der Waals surface area (Å²) in [7, 11) is 0. The highest BCUT2D eigenvalue weighted by molar-refractivity contribution is 5.32. The highest BCUT2D eigenvalue weighted by atomic mass is 16.3. The van der Waals surface area contributed by atoms with E-state index >= 15 is 0 Å².